The fourth-order valence-electron chi connectivity index (χ4n) is 13.6. The lowest BCUT2D eigenvalue weighted by molar-refractivity contribution is 0.794. The van der Waals surface area contributed by atoms with Crippen LogP contribution < -0.4 is 4.90 Å². The van der Waals surface area contributed by atoms with Gasteiger partial charge >= 0.3 is 0 Å². The molecule has 0 N–H and O–H groups in total. The number of fused-ring (bicyclic) bond motifs is 22. The first kappa shape index (κ1) is 41.1. The Bertz CT molecular complexity index is 4560. The summed E-state index contributed by atoms with van der Waals surface area (Å²) in [7, 11) is 0. The number of benzene rings is 14. The average molecular weight is 936 g/mol. The second-order valence-corrected chi connectivity index (χ2v) is 20.2. The Hall–Kier alpha value is -9.56. The van der Waals surface area contributed by atoms with Crippen LogP contribution in [0.2, 0.25) is 0 Å². The Morgan fingerprint density at radius 1 is 0.203 bits per heavy atom. The van der Waals surface area contributed by atoms with E-state index in [1.54, 1.807) is 0 Å². The maximum Gasteiger partial charge on any atom is 0.0726 e. The van der Waals surface area contributed by atoms with Crippen molar-refractivity contribution in [1.82, 2.24) is 0 Å². The number of anilines is 3. The largest absolute Gasteiger partial charge is 0.309 e. The fourth-order valence-corrected chi connectivity index (χ4v) is 13.6. The molecule has 342 valence electrons. The minimum Gasteiger partial charge on any atom is -0.309 e. The first-order chi connectivity index (χ1) is 36.7. The topological polar surface area (TPSA) is 3.24 Å². The van der Waals surface area contributed by atoms with E-state index in [9.17, 15) is 0 Å². The van der Waals surface area contributed by atoms with Crippen LogP contribution in [-0.2, 0) is 5.41 Å². The van der Waals surface area contributed by atoms with Gasteiger partial charge in [-0.15, -0.1) is 0 Å². The van der Waals surface area contributed by atoms with Crippen LogP contribution in [0.25, 0.3) is 109 Å². The van der Waals surface area contributed by atoms with Gasteiger partial charge in [-0.25, -0.2) is 0 Å². The van der Waals surface area contributed by atoms with Gasteiger partial charge in [-0.1, -0.05) is 237 Å². The van der Waals surface area contributed by atoms with E-state index in [4.69, 9.17) is 0 Å². The van der Waals surface area contributed by atoms with Gasteiger partial charge in [0.1, 0.15) is 0 Å². The summed E-state index contributed by atoms with van der Waals surface area (Å²) in [4.78, 5) is 2.59. The zero-order valence-corrected chi connectivity index (χ0v) is 40.4. The normalized spacial score (nSPS) is 13.0. The molecule has 14 aromatic carbocycles. The van der Waals surface area contributed by atoms with Crippen molar-refractivity contribution in [3.05, 3.63) is 295 Å². The summed E-state index contributed by atoms with van der Waals surface area (Å²) in [6.45, 7) is 0. The van der Waals surface area contributed by atoms with Crippen molar-refractivity contribution in [2.75, 3.05) is 4.90 Å². The smallest absolute Gasteiger partial charge is 0.0726 e. The average Bonchev–Trinajstić information content (AvgIpc) is 3.95. The highest BCUT2D eigenvalue weighted by Crippen LogP contribution is 2.64. The number of nitrogens with zero attached hydrogens (tertiary/aromatic N) is 1. The third kappa shape index (κ3) is 5.64. The van der Waals surface area contributed by atoms with Gasteiger partial charge < -0.3 is 4.90 Å². The summed E-state index contributed by atoms with van der Waals surface area (Å²) in [5.74, 6) is 0. The molecule has 0 saturated carbocycles. The molecular weight excluding hydrogens is 891 g/mol. The van der Waals surface area contributed by atoms with Crippen molar-refractivity contribution < 1.29 is 0 Å². The van der Waals surface area contributed by atoms with Crippen LogP contribution in [-0.4, -0.2) is 0 Å². The Kier molecular flexibility index (Phi) is 8.73. The van der Waals surface area contributed by atoms with E-state index in [0.29, 0.717) is 0 Å². The maximum atomic E-state index is 2.59. The van der Waals surface area contributed by atoms with Gasteiger partial charge in [0.2, 0.25) is 0 Å². The number of hydrogen-bond acceptors (Lipinski definition) is 1. The molecule has 0 amide bonds. The van der Waals surface area contributed by atoms with Crippen molar-refractivity contribution in [2.45, 2.75) is 5.41 Å². The van der Waals surface area contributed by atoms with Gasteiger partial charge in [0.05, 0.1) is 16.8 Å². The van der Waals surface area contributed by atoms with Crippen molar-refractivity contribution in [2.24, 2.45) is 0 Å². The molecule has 2 aliphatic rings. The van der Waals surface area contributed by atoms with E-state index in [-0.39, 0.29) is 0 Å². The lowest BCUT2D eigenvalue weighted by Gasteiger charge is -2.34. The molecule has 14 aromatic rings. The third-order valence-corrected chi connectivity index (χ3v) is 16.6. The minimum atomic E-state index is -0.548. The Morgan fingerprint density at radius 3 is 1.12 bits per heavy atom. The highest BCUT2D eigenvalue weighted by Gasteiger charge is 2.52. The molecule has 1 spiro atoms. The monoisotopic (exact) mass is 935 g/mol. The lowest BCUT2D eigenvalue weighted by Crippen LogP contribution is -2.26. The van der Waals surface area contributed by atoms with Gasteiger partial charge in [-0.2, -0.15) is 0 Å². The molecule has 74 heavy (non-hydrogen) atoms. The second kappa shape index (κ2) is 15.7. The predicted octanol–water partition coefficient (Wildman–Crippen LogP) is 19.8. The van der Waals surface area contributed by atoms with Crippen LogP contribution in [0.15, 0.2) is 273 Å². The minimum absolute atomic E-state index is 0.548. The van der Waals surface area contributed by atoms with Crippen molar-refractivity contribution >= 4 is 81.7 Å². The summed E-state index contributed by atoms with van der Waals surface area (Å²) < 4.78 is 0. The van der Waals surface area contributed by atoms with E-state index < -0.39 is 5.41 Å². The highest BCUT2D eigenvalue weighted by molar-refractivity contribution is 6.27. The molecule has 1 nitrogen and oxygen atoms in total. The number of hydrogen-bond donors (Lipinski definition) is 0. The Labute approximate surface area is 429 Å². The lowest BCUT2D eigenvalue weighted by atomic mass is 9.70. The van der Waals surface area contributed by atoms with Gasteiger partial charge in [-0.3, -0.25) is 0 Å². The van der Waals surface area contributed by atoms with Crippen molar-refractivity contribution in [3.63, 3.8) is 0 Å². The maximum absolute atomic E-state index is 2.59. The van der Waals surface area contributed by atoms with Gasteiger partial charge in [0, 0.05) is 16.8 Å². The zero-order valence-electron chi connectivity index (χ0n) is 40.4. The molecule has 0 atom stereocenters. The predicted molar refractivity (Wildman–Crippen MR) is 313 cm³/mol. The highest BCUT2D eigenvalue weighted by atomic mass is 15.1. The van der Waals surface area contributed by atoms with Gasteiger partial charge in [-0.05, 0) is 157 Å². The van der Waals surface area contributed by atoms with E-state index in [1.807, 2.05) is 0 Å². The fraction of sp³-hybridized carbons (Fsp3) is 0.0137. The summed E-state index contributed by atoms with van der Waals surface area (Å²) in [6, 6.07) is 103. The molecule has 2 aliphatic carbocycles. The van der Waals surface area contributed by atoms with Crippen LogP contribution in [0.4, 0.5) is 17.1 Å². The first-order valence-corrected chi connectivity index (χ1v) is 25.8. The SMILES string of the molecule is c1ccc(-c2ccccc2N(c2ccc3c4ccccc4c4ccccc4c3c2)c2cc3c(cc2-c2ccc4c5ccccc5c5ccccc5c4c2)-c2ccccc2C32c3ccccc3-c3ccccc32)cc1. The van der Waals surface area contributed by atoms with Crippen molar-refractivity contribution in [3.8, 4) is 44.5 Å². The molecule has 0 heterocycles. The van der Waals surface area contributed by atoms with Crippen LogP contribution in [0.1, 0.15) is 22.3 Å². The molecule has 0 fully saturated rings. The van der Waals surface area contributed by atoms with Crippen LogP contribution in [0.3, 0.4) is 0 Å². The molecule has 1 heteroatoms. The van der Waals surface area contributed by atoms with E-state index in [1.165, 1.54) is 126 Å². The van der Waals surface area contributed by atoms with Gasteiger partial charge in [0.15, 0.2) is 0 Å². The van der Waals surface area contributed by atoms with E-state index >= 15 is 0 Å². The molecule has 0 saturated heterocycles. The summed E-state index contributed by atoms with van der Waals surface area (Å²) >= 11 is 0. The van der Waals surface area contributed by atoms with Gasteiger partial charge in [0.25, 0.3) is 0 Å². The molecule has 0 bridgehead atoms. The van der Waals surface area contributed by atoms with E-state index in [0.717, 1.165) is 22.6 Å². The standard InChI is InChI=1S/C73H45N/c1-2-20-46(21-3-1)49-22-15-19-37-71(49)74(48-39-41-59-55-28-7-5-24-51(55)53-26-9-11-30-57(53)65(59)43-48)72-45-70-66(62-33-14-18-36-69(62)73(70)67-34-16-12-31-60(67)61-32-13-17-35-68(61)73)44-63(72)47-38-40-58-54-27-6-4-23-50(54)52-25-8-10-29-56(52)64(58)42-47/h1-45H. The van der Waals surface area contributed by atoms with E-state index in [2.05, 4.69) is 278 Å². The Morgan fingerprint density at radius 2 is 0.595 bits per heavy atom. The Balaban J connectivity index is 1.07. The quantitative estimate of drug-likeness (QED) is 0.155. The number of rotatable bonds is 5. The first-order valence-electron chi connectivity index (χ1n) is 25.8. The molecular formula is C73H45N. The zero-order chi connectivity index (χ0) is 48.5. The molecule has 0 aromatic heterocycles. The number of para-hydroxylation sites is 1. The van der Waals surface area contributed by atoms with Crippen LogP contribution >= 0.6 is 0 Å². The van der Waals surface area contributed by atoms with Crippen molar-refractivity contribution in [1.29, 1.82) is 0 Å². The summed E-state index contributed by atoms with van der Waals surface area (Å²) in [5.41, 5.74) is 17.9. The molecule has 0 aliphatic heterocycles. The molecule has 0 radical (unpaired) electrons. The van der Waals surface area contributed by atoms with Crippen LogP contribution in [0, 0.1) is 0 Å². The molecule has 16 rings (SSSR count). The summed E-state index contributed by atoms with van der Waals surface area (Å²) in [6.07, 6.45) is 0. The molecule has 0 unspecified atom stereocenters. The van der Waals surface area contributed by atoms with Crippen LogP contribution in [0.5, 0.6) is 0 Å². The summed E-state index contributed by atoms with van der Waals surface area (Å²) in [5, 5.41) is 15.1. The third-order valence-electron chi connectivity index (χ3n) is 16.6. The second-order valence-electron chi connectivity index (χ2n) is 20.2.